The quantitative estimate of drug-likeness (QED) is 0.0340. The van der Waals surface area contributed by atoms with Gasteiger partial charge in [-0.3, -0.25) is 0 Å². The third-order valence-electron chi connectivity index (χ3n) is 10.7. The number of cyclic esters (lactones) is 1. The number of esters is 1. The molecule has 0 aliphatic carbocycles. The van der Waals surface area contributed by atoms with E-state index in [1.165, 1.54) is 70.6 Å². The molecular weight excluding hydrogens is 692 g/mol. The number of rotatable bonds is 38. The molecule has 2 aliphatic heterocycles. The van der Waals surface area contributed by atoms with E-state index in [0.29, 0.717) is 12.0 Å². The predicted molar refractivity (Wildman–Crippen MR) is 211 cm³/mol. The summed E-state index contributed by atoms with van der Waals surface area (Å²) in [6.07, 6.45) is 27.4. The molecule has 7 atom stereocenters. The van der Waals surface area contributed by atoms with Crippen molar-refractivity contribution in [2.75, 3.05) is 55.6 Å². The largest absolute Gasteiger partial charge is 0.455 e. The zero-order valence-electron chi connectivity index (χ0n) is 35.2. The summed E-state index contributed by atoms with van der Waals surface area (Å²) in [6.45, 7) is 5.11. The zero-order chi connectivity index (χ0) is 39.1. The monoisotopic (exact) mass is 773 g/mol. The lowest BCUT2D eigenvalue weighted by Gasteiger charge is -2.28. The second kappa shape index (κ2) is 32.9. The highest BCUT2D eigenvalue weighted by molar-refractivity contribution is 5.90. The molecule has 1 fully saturated rings. The summed E-state index contributed by atoms with van der Waals surface area (Å²) in [6, 6.07) is 0. The second-order valence-electron chi connectivity index (χ2n) is 15.3. The van der Waals surface area contributed by atoms with Gasteiger partial charge in [0.05, 0.1) is 36.6 Å². The number of methoxy groups -OCH3 is 4. The van der Waals surface area contributed by atoms with E-state index >= 15 is 0 Å². The summed E-state index contributed by atoms with van der Waals surface area (Å²) in [7, 11) is 6.60. The fraction of sp³-hybridized carbons (Fsp3) is 0.930. The number of carbonyl (C=O) groups is 1. The number of hydrogen-bond donors (Lipinski definition) is 0. The molecule has 1 saturated heterocycles. The Morgan fingerprint density at radius 1 is 0.574 bits per heavy atom. The molecule has 0 amide bonds. The van der Waals surface area contributed by atoms with E-state index in [1.807, 2.05) is 13.0 Å². The first kappa shape index (κ1) is 49.0. The molecule has 0 unspecified atom stereocenters. The SMILES string of the molecule is CCCCCCCCCCCCCC[C@H](OCOC)[C@H]1CC[C@H]([C@@H](CC[C@@H](CCCCC[C@H](CC2=C[C@H](C)OC2=O)OCOC)OCOC)OCOC)O1. The fourth-order valence-corrected chi connectivity index (χ4v) is 7.67. The van der Waals surface area contributed by atoms with Gasteiger partial charge < -0.3 is 47.4 Å². The Labute approximate surface area is 329 Å². The fourth-order valence-electron chi connectivity index (χ4n) is 7.67. The number of unbranched alkanes of at least 4 members (excludes halogenated alkanes) is 13. The average molecular weight is 773 g/mol. The van der Waals surface area contributed by atoms with Gasteiger partial charge in [0.1, 0.15) is 33.3 Å². The molecule has 2 aliphatic rings. The van der Waals surface area contributed by atoms with Crippen LogP contribution in [0, 0.1) is 0 Å². The van der Waals surface area contributed by atoms with Crippen LogP contribution in [0.2, 0.25) is 0 Å². The van der Waals surface area contributed by atoms with Gasteiger partial charge in [-0.25, -0.2) is 4.79 Å². The standard InChI is InChI=1S/C43H80O11/c1-7-8-9-10-11-12-13-14-15-16-17-21-24-39(51-33-47-5)41-27-28-42(54-41)40(52-34-48-6)26-25-37(49-31-45-3)22-19-18-20-23-38(50-32-46-4)30-36-29-35(2)53-43(36)44/h29,35,37-42H,7-28,30-34H2,1-6H3/t35-,37+,38+,39-,40+,41+,42+/m0/s1. The van der Waals surface area contributed by atoms with E-state index in [0.717, 1.165) is 70.6 Å². The summed E-state index contributed by atoms with van der Waals surface area (Å²) in [5.74, 6) is -0.244. The predicted octanol–water partition coefficient (Wildman–Crippen LogP) is 9.57. The zero-order valence-corrected chi connectivity index (χ0v) is 35.2. The molecule has 0 aromatic carbocycles. The molecule has 11 nitrogen and oxygen atoms in total. The first-order valence-electron chi connectivity index (χ1n) is 21.4. The minimum atomic E-state index is -0.244. The van der Waals surface area contributed by atoms with Crippen molar-refractivity contribution in [2.45, 2.75) is 204 Å². The molecule has 11 heteroatoms. The van der Waals surface area contributed by atoms with Crippen LogP contribution in [0.25, 0.3) is 0 Å². The first-order valence-corrected chi connectivity index (χ1v) is 21.4. The highest BCUT2D eigenvalue weighted by Crippen LogP contribution is 2.32. The van der Waals surface area contributed by atoms with Gasteiger partial charge in [0, 0.05) is 40.4 Å². The Morgan fingerprint density at radius 2 is 1.02 bits per heavy atom. The summed E-state index contributed by atoms with van der Waals surface area (Å²) >= 11 is 0. The lowest BCUT2D eigenvalue weighted by molar-refractivity contribution is -0.161. The van der Waals surface area contributed by atoms with Crippen LogP contribution in [0.4, 0.5) is 0 Å². The van der Waals surface area contributed by atoms with Crippen LogP contribution in [0.1, 0.15) is 162 Å². The van der Waals surface area contributed by atoms with Crippen LogP contribution in [0.5, 0.6) is 0 Å². The van der Waals surface area contributed by atoms with Gasteiger partial charge in [0.25, 0.3) is 0 Å². The molecule has 0 N–H and O–H groups in total. The van der Waals surface area contributed by atoms with Gasteiger partial charge in [-0.1, -0.05) is 103 Å². The lowest BCUT2D eigenvalue weighted by Crippen LogP contribution is -2.35. The Kier molecular flexibility index (Phi) is 29.8. The van der Waals surface area contributed by atoms with Crippen molar-refractivity contribution >= 4 is 5.97 Å². The van der Waals surface area contributed by atoms with Crippen molar-refractivity contribution in [2.24, 2.45) is 0 Å². The van der Waals surface area contributed by atoms with E-state index in [9.17, 15) is 4.79 Å². The average Bonchev–Trinajstić information content (AvgIpc) is 3.79. The van der Waals surface area contributed by atoms with E-state index in [1.54, 1.807) is 28.4 Å². The van der Waals surface area contributed by atoms with Crippen molar-refractivity contribution in [3.63, 3.8) is 0 Å². The summed E-state index contributed by atoms with van der Waals surface area (Å²) in [4.78, 5) is 12.1. The molecule has 0 saturated carbocycles. The number of carbonyl (C=O) groups excluding carboxylic acids is 1. The van der Waals surface area contributed by atoms with Crippen molar-refractivity contribution in [1.29, 1.82) is 0 Å². The van der Waals surface area contributed by atoms with Crippen LogP contribution in [0.3, 0.4) is 0 Å². The molecule has 0 aromatic rings. The smallest absolute Gasteiger partial charge is 0.334 e. The van der Waals surface area contributed by atoms with Gasteiger partial charge in [-0.2, -0.15) is 0 Å². The minimum absolute atomic E-state index is 0.0192. The van der Waals surface area contributed by atoms with Crippen molar-refractivity contribution in [3.05, 3.63) is 11.6 Å². The first-order chi connectivity index (χ1) is 26.4. The van der Waals surface area contributed by atoms with Crippen LogP contribution in [-0.2, 0) is 52.2 Å². The van der Waals surface area contributed by atoms with Gasteiger partial charge >= 0.3 is 5.97 Å². The van der Waals surface area contributed by atoms with Crippen LogP contribution in [0.15, 0.2) is 11.6 Å². The second-order valence-corrected chi connectivity index (χ2v) is 15.3. The van der Waals surface area contributed by atoms with Crippen LogP contribution < -0.4 is 0 Å². The van der Waals surface area contributed by atoms with Crippen LogP contribution >= 0.6 is 0 Å². The third kappa shape index (κ3) is 22.6. The molecular formula is C43H80O11. The molecule has 0 bridgehead atoms. The van der Waals surface area contributed by atoms with Gasteiger partial charge in [0.2, 0.25) is 0 Å². The number of hydrogen-bond acceptors (Lipinski definition) is 11. The van der Waals surface area contributed by atoms with Gasteiger partial charge in [-0.15, -0.1) is 0 Å². The van der Waals surface area contributed by atoms with Crippen molar-refractivity contribution < 1.29 is 52.2 Å². The Hall–Kier alpha value is -1.15. The Morgan fingerprint density at radius 3 is 1.54 bits per heavy atom. The molecule has 0 spiro atoms. The summed E-state index contributed by atoms with van der Waals surface area (Å²) < 4.78 is 57.5. The normalized spacial score (nSPS) is 21.0. The lowest BCUT2D eigenvalue weighted by atomic mass is 9.98. The third-order valence-corrected chi connectivity index (χ3v) is 10.7. The van der Waals surface area contributed by atoms with Gasteiger partial charge in [-0.05, 0) is 57.9 Å². The summed E-state index contributed by atoms with van der Waals surface area (Å²) in [5.41, 5.74) is 0.692. The molecule has 2 heterocycles. The Balaban J connectivity index is 1.79. The highest BCUT2D eigenvalue weighted by Gasteiger charge is 2.37. The number of ether oxygens (including phenoxy) is 10. The van der Waals surface area contributed by atoms with Crippen LogP contribution in [-0.4, -0.2) is 104 Å². The van der Waals surface area contributed by atoms with Crippen molar-refractivity contribution in [1.82, 2.24) is 0 Å². The maximum Gasteiger partial charge on any atom is 0.334 e. The molecule has 2 rings (SSSR count). The maximum atomic E-state index is 12.1. The van der Waals surface area contributed by atoms with E-state index in [4.69, 9.17) is 47.4 Å². The highest BCUT2D eigenvalue weighted by atomic mass is 16.7. The topological polar surface area (TPSA) is 109 Å². The summed E-state index contributed by atoms with van der Waals surface area (Å²) in [5, 5.41) is 0. The maximum absolute atomic E-state index is 12.1. The Bertz CT molecular complexity index is 918. The van der Waals surface area contributed by atoms with Gasteiger partial charge in [0.15, 0.2) is 0 Å². The molecule has 54 heavy (non-hydrogen) atoms. The van der Waals surface area contributed by atoms with Crippen molar-refractivity contribution in [3.8, 4) is 0 Å². The molecule has 0 radical (unpaired) electrons. The molecule has 0 aromatic heterocycles. The minimum Gasteiger partial charge on any atom is -0.455 e. The molecule has 318 valence electrons. The van der Waals surface area contributed by atoms with E-state index in [-0.39, 0.29) is 75.9 Å². The van der Waals surface area contributed by atoms with E-state index in [2.05, 4.69) is 6.92 Å². The van der Waals surface area contributed by atoms with E-state index < -0.39 is 0 Å².